The zero-order valence-electron chi connectivity index (χ0n) is 13.6. The van der Waals surface area contributed by atoms with Gasteiger partial charge >= 0.3 is 0 Å². The molecule has 1 N–H and O–H groups in total. The second kappa shape index (κ2) is 6.16. The Morgan fingerprint density at radius 3 is 2.95 bits per heavy atom. The largest absolute Gasteiger partial charge is 0.508 e. The van der Waals surface area contributed by atoms with E-state index in [-0.39, 0.29) is 17.0 Å². The summed E-state index contributed by atoms with van der Waals surface area (Å²) < 4.78 is 0. The zero-order chi connectivity index (χ0) is 14.4. The van der Waals surface area contributed by atoms with E-state index in [9.17, 15) is 5.11 Å². The molecule has 2 nitrogen and oxygen atoms in total. The van der Waals surface area contributed by atoms with Gasteiger partial charge in [-0.05, 0) is 74.4 Å². The number of fused-ring (bicyclic) bond motifs is 1. The number of halogens is 1. The van der Waals surface area contributed by atoms with Crippen LogP contribution >= 0.6 is 17.0 Å². The number of hydrogen-bond acceptors (Lipinski definition) is 2. The first-order chi connectivity index (χ1) is 10.2. The maximum Gasteiger partial charge on any atom is 0.115 e. The maximum atomic E-state index is 10.00. The summed E-state index contributed by atoms with van der Waals surface area (Å²) in [5.41, 5.74) is 3.38. The molecule has 22 heavy (non-hydrogen) atoms. The number of phenolic OH excluding ortho intramolecular Hbond substituents is 1. The number of nitrogens with zero attached hydrogens (tertiary/aromatic N) is 1. The van der Waals surface area contributed by atoms with E-state index in [1.165, 1.54) is 69.2 Å². The second-order valence-corrected chi connectivity index (χ2v) is 7.41. The van der Waals surface area contributed by atoms with E-state index in [1.54, 1.807) is 0 Å². The average molecular weight is 366 g/mol. The smallest absolute Gasteiger partial charge is 0.115 e. The molecule has 3 aliphatic rings. The summed E-state index contributed by atoms with van der Waals surface area (Å²) in [6.45, 7) is 4.81. The third kappa shape index (κ3) is 2.32. The summed E-state index contributed by atoms with van der Waals surface area (Å²) in [4.78, 5) is 2.77. The molecule has 0 aromatic heterocycles. The van der Waals surface area contributed by atoms with Gasteiger partial charge in [-0.2, -0.15) is 0 Å². The van der Waals surface area contributed by atoms with Gasteiger partial charge in [0, 0.05) is 11.5 Å². The molecule has 1 saturated heterocycles. The molecule has 1 heterocycles. The van der Waals surface area contributed by atoms with Crippen LogP contribution in [0, 0.1) is 5.92 Å². The fourth-order valence-electron chi connectivity index (χ4n) is 5.64. The number of phenols is 1. The van der Waals surface area contributed by atoms with Crippen LogP contribution in [0.1, 0.15) is 56.6 Å². The third-order valence-corrected chi connectivity index (χ3v) is 6.45. The van der Waals surface area contributed by atoms with E-state index in [4.69, 9.17) is 0 Å². The van der Waals surface area contributed by atoms with E-state index in [1.807, 2.05) is 6.07 Å². The van der Waals surface area contributed by atoms with Crippen LogP contribution in [0.3, 0.4) is 0 Å². The highest BCUT2D eigenvalue weighted by Gasteiger charge is 2.53. The normalized spacial score (nSPS) is 33.5. The van der Waals surface area contributed by atoms with Gasteiger partial charge in [0.05, 0.1) is 0 Å². The molecule has 0 amide bonds. The van der Waals surface area contributed by atoms with E-state index in [2.05, 4.69) is 24.0 Å². The standard InChI is InChI=1S/C19H27NO.BrH/c1-2-10-20-11-9-19-8-4-3-5-16(19)18(20)12-14-6-7-15(21)13-17(14)19;/h6-7,13,16,18,21H,2-5,8-12H2,1H3;1H/t16-,18-,19+;/m0./s1. The molecule has 2 bridgehead atoms. The molecule has 2 aliphatic carbocycles. The SMILES string of the molecule is Br.CCCN1CC[C@]23CCCC[C@H]2[C@@H]1Cc1ccc(O)cc13. The van der Waals surface area contributed by atoms with Crippen molar-refractivity contribution in [1.29, 1.82) is 0 Å². The van der Waals surface area contributed by atoms with Crippen molar-refractivity contribution in [3.05, 3.63) is 29.3 Å². The first-order valence-electron chi connectivity index (χ1n) is 8.81. The van der Waals surface area contributed by atoms with E-state index >= 15 is 0 Å². The van der Waals surface area contributed by atoms with Crippen molar-refractivity contribution in [2.75, 3.05) is 13.1 Å². The average Bonchev–Trinajstić information content (AvgIpc) is 2.51. The Kier molecular flexibility index (Phi) is 4.57. The fraction of sp³-hybridized carbons (Fsp3) is 0.684. The van der Waals surface area contributed by atoms with E-state index in [0.717, 1.165) is 12.0 Å². The van der Waals surface area contributed by atoms with Gasteiger partial charge in [-0.1, -0.05) is 25.8 Å². The van der Waals surface area contributed by atoms with Crippen LogP contribution in [0.2, 0.25) is 0 Å². The first-order valence-corrected chi connectivity index (χ1v) is 8.81. The highest BCUT2D eigenvalue weighted by atomic mass is 79.9. The summed E-state index contributed by atoms with van der Waals surface area (Å²) >= 11 is 0. The summed E-state index contributed by atoms with van der Waals surface area (Å²) in [5.74, 6) is 1.28. The quantitative estimate of drug-likeness (QED) is 0.837. The molecule has 0 spiro atoms. The van der Waals surface area contributed by atoms with Gasteiger partial charge in [-0.25, -0.2) is 0 Å². The Morgan fingerprint density at radius 2 is 2.14 bits per heavy atom. The zero-order valence-corrected chi connectivity index (χ0v) is 15.3. The first kappa shape index (κ1) is 16.3. The Bertz CT molecular complexity index is 546. The Labute approximate surface area is 144 Å². The maximum absolute atomic E-state index is 10.00. The van der Waals surface area contributed by atoms with Crippen LogP contribution in [-0.2, 0) is 11.8 Å². The summed E-state index contributed by atoms with van der Waals surface area (Å²) in [5, 5.41) is 10.00. The van der Waals surface area contributed by atoms with Crippen molar-refractivity contribution in [1.82, 2.24) is 4.90 Å². The van der Waals surface area contributed by atoms with Gasteiger partial charge in [0.25, 0.3) is 0 Å². The molecule has 3 heteroatoms. The minimum absolute atomic E-state index is 0. The van der Waals surface area contributed by atoms with Crippen molar-refractivity contribution >= 4 is 17.0 Å². The van der Waals surface area contributed by atoms with E-state index in [0.29, 0.717) is 11.2 Å². The number of piperidine rings is 1. The van der Waals surface area contributed by atoms with Crippen LogP contribution in [-0.4, -0.2) is 29.1 Å². The lowest BCUT2D eigenvalue weighted by atomic mass is 9.52. The molecule has 3 atom stereocenters. The van der Waals surface area contributed by atoms with Crippen LogP contribution in [0.25, 0.3) is 0 Å². The second-order valence-electron chi connectivity index (χ2n) is 7.41. The number of rotatable bonds is 2. The molecular formula is C19H28BrNO. The van der Waals surface area contributed by atoms with Gasteiger partial charge in [0.15, 0.2) is 0 Å². The highest BCUT2D eigenvalue weighted by Crippen LogP contribution is 2.56. The minimum Gasteiger partial charge on any atom is -0.508 e. The molecule has 0 unspecified atom stereocenters. The number of aromatic hydroxyl groups is 1. The van der Waals surface area contributed by atoms with Crippen molar-refractivity contribution in [3.8, 4) is 5.75 Å². The molecule has 2 fully saturated rings. The summed E-state index contributed by atoms with van der Waals surface area (Å²) in [6.07, 6.45) is 9.25. The van der Waals surface area contributed by atoms with Gasteiger partial charge < -0.3 is 5.11 Å². The van der Waals surface area contributed by atoms with Gasteiger partial charge in [0.1, 0.15) is 5.75 Å². The van der Waals surface area contributed by atoms with Gasteiger partial charge in [-0.3, -0.25) is 4.90 Å². The summed E-state index contributed by atoms with van der Waals surface area (Å²) in [7, 11) is 0. The number of hydrogen-bond donors (Lipinski definition) is 1. The van der Waals surface area contributed by atoms with E-state index < -0.39 is 0 Å². The minimum atomic E-state index is 0. The van der Waals surface area contributed by atoms with Crippen molar-refractivity contribution in [2.45, 2.75) is 63.3 Å². The Hall–Kier alpha value is -0.540. The van der Waals surface area contributed by atoms with Crippen molar-refractivity contribution in [3.63, 3.8) is 0 Å². The molecule has 1 saturated carbocycles. The van der Waals surface area contributed by atoms with Gasteiger partial charge in [-0.15, -0.1) is 17.0 Å². The van der Waals surface area contributed by atoms with Crippen LogP contribution in [0.5, 0.6) is 5.75 Å². The molecule has 122 valence electrons. The lowest BCUT2D eigenvalue weighted by Crippen LogP contribution is -2.60. The molecular weight excluding hydrogens is 338 g/mol. The van der Waals surface area contributed by atoms with Crippen LogP contribution < -0.4 is 0 Å². The molecule has 4 rings (SSSR count). The molecule has 1 aromatic carbocycles. The van der Waals surface area contributed by atoms with Crippen LogP contribution in [0.15, 0.2) is 18.2 Å². The predicted molar refractivity (Wildman–Crippen MR) is 96.0 cm³/mol. The molecule has 1 aliphatic heterocycles. The van der Waals surface area contributed by atoms with Gasteiger partial charge in [0.2, 0.25) is 0 Å². The highest BCUT2D eigenvalue weighted by molar-refractivity contribution is 8.93. The Morgan fingerprint density at radius 1 is 1.27 bits per heavy atom. The summed E-state index contributed by atoms with van der Waals surface area (Å²) in [6, 6.07) is 6.92. The lowest BCUT2D eigenvalue weighted by molar-refractivity contribution is -0.0111. The lowest BCUT2D eigenvalue weighted by Gasteiger charge is -2.59. The molecule has 1 aromatic rings. The van der Waals surface area contributed by atoms with Crippen molar-refractivity contribution in [2.24, 2.45) is 5.92 Å². The number of benzene rings is 1. The molecule has 0 radical (unpaired) electrons. The fourth-order valence-corrected chi connectivity index (χ4v) is 5.64. The Balaban J connectivity index is 0.00000144. The van der Waals surface area contributed by atoms with Crippen LogP contribution in [0.4, 0.5) is 0 Å². The number of likely N-dealkylation sites (tertiary alicyclic amines) is 1. The van der Waals surface area contributed by atoms with Crippen molar-refractivity contribution < 1.29 is 5.11 Å². The topological polar surface area (TPSA) is 23.5 Å². The predicted octanol–water partition coefficient (Wildman–Crippen LogP) is 4.44. The third-order valence-electron chi connectivity index (χ3n) is 6.45. The monoisotopic (exact) mass is 365 g/mol.